The Hall–Kier alpha value is -2.30. The molecule has 0 aliphatic carbocycles. The van der Waals surface area contributed by atoms with Crippen LogP contribution in [0.15, 0.2) is 36.5 Å². The number of nitrogens with two attached hydrogens (primary N) is 1. The first-order valence-electron chi connectivity index (χ1n) is 22.5. The second kappa shape index (κ2) is 40.5. The molecule has 0 heterocycles. The van der Waals surface area contributed by atoms with Crippen LogP contribution in [0.5, 0.6) is 0 Å². The van der Waals surface area contributed by atoms with Crippen LogP contribution in [0.2, 0.25) is 0 Å². The van der Waals surface area contributed by atoms with E-state index in [1.54, 1.807) is 0 Å². The van der Waals surface area contributed by atoms with Crippen LogP contribution in [0.25, 0.3) is 0 Å². The molecule has 11 nitrogen and oxygen atoms in total. The molecular formula is C45H82NO10P. The second-order valence-electron chi connectivity index (χ2n) is 15.2. The van der Waals surface area contributed by atoms with Crippen molar-refractivity contribution in [1.82, 2.24) is 0 Å². The summed E-state index contributed by atoms with van der Waals surface area (Å²) in [5.41, 5.74) is 5.33. The Morgan fingerprint density at radius 2 is 0.930 bits per heavy atom. The zero-order chi connectivity index (χ0) is 42.1. The maximum Gasteiger partial charge on any atom is 0.472 e. The van der Waals surface area contributed by atoms with Crippen molar-refractivity contribution in [2.75, 3.05) is 19.8 Å². The zero-order valence-electron chi connectivity index (χ0n) is 35.9. The minimum atomic E-state index is -4.72. The number of ether oxygens (including phenoxy) is 2. The van der Waals surface area contributed by atoms with Crippen molar-refractivity contribution < 1.29 is 47.5 Å². The third-order valence-electron chi connectivity index (χ3n) is 9.61. The molecule has 0 aliphatic rings. The number of phosphoric acid groups is 1. The lowest BCUT2D eigenvalue weighted by molar-refractivity contribution is -0.161. The van der Waals surface area contributed by atoms with Crippen LogP contribution in [0, 0.1) is 0 Å². The third kappa shape index (κ3) is 40.3. The van der Waals surface area contributed by atoms with E-state index < -0.39 is 51.1 Å². The van der Waals surface area contributed by atoms with Crippen LogP contribution in [0.1, 0.15) is 200 Å². The molecule has 0 saturated heterocycles. The number of allylic oxidation sites excluding steroid dienone is 6. The van der Waals surface area contributed by atoms with Gasteiger partial charge in [-0.1, -0.05) is 153 Å². The predicted molar refractivity (Wildman–Crippen MR) is 231 cm³/mol. The van der Waals surface area contributed by atoms with Gasteiger partial charge in [0, 0.05) is 12.8 Å². The minimum Gasteiger partial charge on any atom is -0.480 e. The summed E-state index contributed by atoms with van der Waals surface area (Å²) in [6.07, 6.45) is 43.4. The number of carboxylic acids is 1. The standard InChI is InChI=1S/C45H82NO10P/c1-3-5-7-9-11-13-15-17-19-20-21-22-23-25-27-29-31-33-35-37-44(48)56-41(39-54-57(51,52)55-40-42(46)45(49)50)38-53-43(47)36-34-32-30-28-26-24-18-16-14-12-10-8-6-4-2/h11,13,16-19,41-42H,3-10,12,14-15,20-40,46H2,1-2H3,(H,49,50)(H,51,52)/b13-11-,18-16-,19-17-/t41-,42+/m1/s1. The van der Waals surface area contributed by atoms with E-state index in [9.17, 15) is 23.8 Å². The highest BCUT2D eigenvalue weighted by Crippen LogP contribution is 2.43. The summed E-state index contributed by atoms with van der Waals surface area (Å²) in [4.78, 5) is 46.0. The average molecular weight is 828 g/mol. The Balaban J connectivity index is 4.34. The topological polar surface area (TPSA) is 172 Å². The molecule has 0 bridgehead atoms. The Bertz CT molecular complexity index is 1110. The molecule has 3 atom stereocenters. The monoisotopic (exact) mass is 828 g/mol. The first kappa shape index (κ1) is 54.7. The van der Waals surface area contributed by atoms with E-state index in [1.165, 1.54) is 89.9 Å². The number of carbonyl (C=O) groups excluding carboxylic acids is 2. The first-order valence-corrected chi connectivity index (χ1v) is 24.0. The number of unbranched alkanes of at least 4 members (excludes halogenated alkanes) is 22. The average Bonchev–Trinajstić information content (AvgIpc) is 3.19. The molecule has 0 aromatic rings. The van der Waals surface area contributed by atoms with Crippen LogP contribution in [0.4, 0.5) is 0 Å². The van der Waals surface area contributed by atoms with Gasteiger partial charge < -0.3 is 25.2 Å². The molecule has 57 heavy (non-hydrogen) atoms. The van der Waals surface area contributed by atoms with Gasteiger partial charge in [-0.2, -0.15) is 0 Å². The van der Waals surface area contributed by atoms with Crippen molar-refractivity contribution in [3.63, 3.8) is 0 Å². The van der Waals surface area contributed by atoms with Crippen molar-refractivity contribution in [3.8, 4) is 0 Å². The highest BCUT2D eigenvalue weighted by atomic mass is 31.2. The fraction of sp³-hybridized carbons (Fsp3) is 0.800. The molecule has 0 saturated carbocycles. The Morgan fingerprint density at radius 1 is 0.544 bits per heavy atom. The summed E-state index contributed by atoms with van der Waals surface area (Å²) in [5.74, 6) is -2.39. The summed E-state index contributed by atoms with van der Waals surface area (Å²) in [6.45, 7) is 2.76. The minimum absolute atomic E-state index is 0.155. The molecule has 0 aromatic heterocycles. The smallest absolute Gasteiger partial charge is 0.472 e. The van der Waals surface area contributed by atoms with Crippen molar-refractivity contribution in [2.24, 2.45) is 5.73 Å². The van der Waals surface area contributed by atoms with E-state index in [1.807, 2.05) is 0 Å². The molecule has 0 spiro atoms. The maximum absolute atomic E-state index is 12.6. The van der Waals surface area contributed by atoms with Crippen molar-refractivity contribution in [2.45, 2.75) is 212 Å². The fourth-order valence-corrected chi connectivity index (χ4v) is 6.81. The van der Waals surface area contributed by atoms with Gasteiger partial charge in [0.05, 0.1) is 13.2 Å². The van der Waals surface area contributed by atoms with E-state index in [4.69, 9.17) is 24.8 Å². The molecule has 0 fully saturated rings. The number of carbonyl (C=O) groups is 3. The lowest BCUT2D eigenvalue weighted by Gasteiger charge is -2.20. The van der Waals surface area contributed by atoms with Crippen LogP contribution >= 0.6 is 7.82 Å². The van der Waals surface area contributed by atoms with E-state index in [0.29, 0.717) is 12.8 Å². The van der Waals surface area contributed by atoms with Crippen LogP contribution in [0.3, 0.4) is 0 Å². The highest BCUT2D eigenvalue weighted by Gasteiger charge is 2.28. The highest BCUT2D eigenvalue weighted by molar-refractivity contribution is 7.47. The molecule has 0 aliphatic heterocycles. The molecule has 0 aromatic carbocycles. The van der Waals surface area contributed by atoms with Crippen LogP contribution in [-0.2, 0) is 37.5 Å². The molecule has 0 rings (SSSR count). The first-order chi connectivity index (χ1) is 27.6. The predicted octanol–water partition coefficient (Wildman–Crippen LogP) is 12.0. The van der Waals surface area contributed by atoms with Crippen molar-refractivity contribution in [3.05, 3.63) is 36.5 Å². The number of esters is 2. The van der Waals surface area contributed by atoms with E-state index in [-0.39, 0.29) is 19.4 Å². The molecule has 0 amide bonds. The van der Waals surface area contributed by atoms with Gasteiger partial charge in [-0.25, -0.2) is 4.57 Å². The number of aliphatic carboxylic acids is 1. The number of rotatable bonds is 42. The number of hydrogen-bond donors (Lipinski definition) is 3. The lowest BCUT2D eigenvalue weighted by atomic mass is 10.1. The zero-order valence-corrected chi connectivity index (χ0v) is 36.8. The summed E-state index contributed by atoms with van der Waals surface area (Å²) in [6, 6.07) is -1.52. The Morgan fingerprint density at radius 3 is 1.42 bits per heavy atom. The number of carboxylic acid groups (broad SMARTS) is 1. The van der Waals surface area contributed by atoms with Crippen LogP contribution in [-0.4, -0.2) is 59.9 Å². The SMILES string of the molecule is CCCCC/C=C\C/C=C\CCCCCCCCCCCC(=O)O[C@H](COC(=O)CCCCCCC/C=C\CCCCCCC)COP(=O)(O)OC[C@H](N)C(=O)O. The molecular weight excluding hydrogens is 745 g/mol. The normalized spacial score (nSPS) is 14.0. The van der Waals surface area contributed by atoms with Gasteiger partial charge in [0.15, 0.2) is 6.10 Å². The van der Waals surface area contributed by atoms with E-state index >= 15 is 0 Å². The lowest BCUT2D eigenvalue weighted by Crippen LogP contribution is -2.34. The van der Waals surface area contributed by atoms with Gasteiger partial charge in [-0.3, -0.25) is 23.4 Å². The van der Waals surface area contributed by atoms with Gasteiger partial charge in [0.2, 0.25) is 0 Å². The molecule has 332 valence electrons. The quantitative estimate of drug-likeness (QED) is 0.0231. The third-order valence-corrected chi connectivity index (χ3v) is 10.6. The number of hydrogen-bond acceptors (Lipinski definition) is 9. The van der Waals surface area contributed by atoms with Gasteiger partial charge in [0.25, 0.3) is 0 Å². The van der Waals surface area contributed by atoms with E-state index in [0.717, 1.165) is 70.6 Å². The summed E-state index contributed by atoms with van der Waals surface area (Å²) in [5, 5.41) is 8.89. The van der Waals surface area contributed by atoms with E-state index in [2.05, 4.69) is 54.8 Å². The van der Waals surface area contributed by atoms with Gasteiger partial charge in [-0.05, 0) is 70.6 Å². The van der Waals surface area contributed by atoms with Crippen molar-refractivity contribution in [1.29, 1.82) is 0 Å². The largest absolute Gasteiger partial charge is 0.480 e. The summed E-state index contributed by atoms with van der Waals surface area (Å²) >= 11 is 0. The fourth-order valence-electron chi connectivity index (χ4n) is 6.03. The van der Waals surface area contributed by atoms with Gasteiger partial charge >= 0.3 is 25.7 Å². The summed E-state index contributed by atoms with van der Waals surface area (Å²) < 4.78 is 32.7. The molecule has 0 radical (unpaired) electrons. The molecule has 1 unspecified atom stereocenters. The Labute approximate surface area is 346 Å². The van der Waals surface area contributed by atoms with Crippen molar-refractivity contribution >= 4 is 25.7 Å². The summed E-state index contributed by atoms with van der Waals surface area (Å²) in [7, 11) is -4.72. The molecule has 12 heteroatoms. The number of phosphoric ester groups is 1. The molecule has 4 N–H and O–H groups in total. The van der Waals surface area contributed by atoms with Gasteiger partial charge in [0.1, 0.15) is 12.6 Å². The van der Waals surface area contributed by atoms with Gasteiger partial charge in [-0.15, -0.1) is 0 Å². The van der Waals surface area contributed by atoms with Crippen LogP contribution < -0.4 is 5.73 Å². The second-order valence-corrected chi connectivity index (χ2v) is 16.6. The Kier molecular flexibility index (Phi) is 38.8. The maximum atomic E-state index is 12.6.